The van der Waals surface area contributed by atoms with E-state index in [1.165, 1.54) is 30.4 Å². The second-order valence-electron chi connectivity index (χ2n) is 3.30. The molecule has 2 aliphatic heterocycles. The van der Waals surface area contributed by atoms with Crippen molar-refractivity contribution >= 4 is 29.6 Å². The molecule has 0 amide bonds. The molecule has 1 fully saturated rings. The third-order valence-corrected chi connectivity index (χ3v) is 3.93. The number of thioether (sulfide) groups is 1. The smallest absolute Gasteiger partial charge is 0.159 e. The molecular weight excluding hydrogens is 188 g/mol. The lowest BCUT2D eigenvalue weighted by molar-refractivity contribution is 0.505. The van der Waals surface area contributed by atoms with Gasteiger partial charge in [0.15, 0.2) is 5.17 Å². The first-order chi connectivity index (χ1) is 5.90. The first-order valence-electron chi connectivity index (χ1n) is 4.43. The van der Waals surface area contributed by atoms with Crippen molar-refractivity contribution in [2.24, 2.45) is 10.9 Å². The van der Waals surface area contributed by atoms with E-state index in [1.807, 2.05) is 11.8 Å². The Labute approximate surface area is 83.2 Å². The van der Waals surface area contributed by atoms with Gasteiger partial charge in [-0.25, -0.2) is 0 Å². The van der Waals surface area contributed by atoms with Crippen LogP contribution >= 0.6 is 24.4 Å². The van der Waals surface area contributed by atoms with E-state index >= 15 is 0 Å². The molecule has 0 N–H and O–H groups in total. The third kappa shape index (κ3) is 1.74. The molecule has 68 valence electrons. The van der Waals surface area contributed by atoms with E-state index in [1.54, 1.807) is 0 Å². The zero-order valence-corrected chi connectivity index (χ0v) is 8.78. The van der Waals surface area contributed by atoms with Gasteiger partial charge in [0.05, 0.1) is 6.54 Å². The maximum absolute atomic E-state index is 4.47. The number of rotatable bonds is 1. The summed E-state index contributed by atoms with van der Waals surface area (Å²) in [5.41, 5.74) is 0. The van der Waals surface area contributed by atoms with E-state index in [-0.39, 0.29) is 0 Å². The fraction of sp³-hybridized carbons (Fsp3) is 0.875. The molecule has 2 heterocycles. The van der Waals surface area contributed by atoms with Crippen LogP contribution in [0.2, 0.25) is 0 Å². The van der Waals surface area contributed by atoms with E-state index in [4.69, 9.17) is 0 Å². The minimum Gasteiger partial charge on any atom is -0.351 e. The minimum absolute atomic E-state index is 0.789. The molecule has 0 bridgehead atoms. The standard InChI is InChI=1S/C8H14N2S2/c11-6-7-1-3-10(5-7)8-9-2-4-12-8/h7,11H,1-6H2. The number of hydrogen-bond donors (Lipinski definition) is 1. The largest absolute Gasteiger partial charge is 0.351 e. The van der Waals surface area contributed by atoms with Gasteiger partial charge in [-0.15, -0.1) is 0 Å². The summed E-state index contributed by atoms with van der Waals surface area (Å²) in [6.07, 6.45) is 1.29. The Hall–Kier alpha value is 0.170. The number of amidine groups is 1. The maximum atomic E-state index is 4.47. The Morgan fingerprint density at radius 2 is 2.58 bits per heavy atom. The maximum Gasteiger partial charge on any atom is 0.159 e. The van der Waals surface area contributed by atoms with Crippen LogP contribution in [-0.4, -0.2) is 41.2 Å². The second kappa shape index (κ2) is 3.92. The van der Waals surface area contributed by atoms with Gasteiger partial charge in [-0.05, 0) is 18.1 Å². The van der Waals surface area contributed by atoms with Gasteiger partial charge in [0.25, 0.3) is 0 Å². The molecule has 0 aromatic carbocycles. The van der Waals surface area contributed by atoms with Crippen LogP contribution in [0.15, 0.2) is 4.99 Å². The molecule has 12 heavy (non-hydrogen) atoms. The first-order valence-corrected chi connectivity index (χ1v) is 6.05. The van der Waals surface area contributed by atoms with E-state index in [0.29, 0.717) is 0 Å². The molecule has 1 unspecified atom stereocenters. The zero-order chi connectivity index (χ0) is 8.39. The summed E-state index contributed by atoms with van der Waals surface area (Å²) in [6, 6.07) is 0. The van der Waals surface area contributed by atoms with Crippen LogP contribution in [0.25, 0.3) is 0 Å². The normalized spacial score (nSPS) is 29.6. The Morgan fingerprint density at radius 3 is 3.17 bits per heavy atom. The summed E-state index contributed by atoms with van der Waals surface area (Å²) in [6.45, 7) is 3.38. The molecular formula is C8H14N2S2. The van der Waals surface area contributed by atoms with Crippen LogP contribution in [0.4, 0.5) is 0 Å². The number of nitrogens with zero attached hydrogens (tertiary/aromatic N) is 2. The van der Waals surface area contributed by atoms with Crippen LogP contribution in [-0.2, 0) is 0 Å². The summed E-state index contributed by atoms with van der Waals surface area (Å²) in [4.78, 5) is 6.88. The van der Waals surface area contributed by atoms with Gasteiger partial charge in [0, 0.05) is 18.8 Å². The SMILES string of the molecule is SCC1CCN(C2=NCCS2)C1. The lowest BCUT2D eigenvalue weighted by atomic mass is 10.2. The Morgan fingerprint density at radius 1 is 1.67 bits per heavy atom. The highest BCUT2D eigenvalue weighted by atomic mass is 32.2. The summed E-state index contributed by atoms with van der Waals surface area (Å²) in [7, 11) is 0. The molecule has 0 saturated carbocycles. The van der Waals surface area contributed by atoms with Crippen LogP contribution in [0, 0.1) is 5.92 Å². The molecule has 0 aromatic rings. The number of likely N-dealkylation sites (tertiary alicyclic amines) is 1. The quantitative estimate of drug-likeness (QED) is 0.646. The summed E-state index contributed by atoms with van der Waals surface area (Å²) in [5.74, 6) is 2.99. The van der Waals surface area contributed by atoms with Crippen molar-refractivity contribution in [1.82, 2.24) is 4.90 Å². The van der Waals surface area contributed by atoms with Crippen molar-refractivity contribution in [2.75, 3.05) is 31.1 Å². The van der Waals surface area contributed by atoms with E-state index in [9.17, 15) is 0 Å². The summed E-state index contributed by atoms with van der Waals surface area (Å²) in [5, 5.41) is 1.28. The summed E-state index contributed by atoms with van der Waals surface area (Å²) < 4.78 is 0. The zero-order valence-electron chi connectivity index (χ0n) is 7.07. The molecule has 1 atom stereocenters. The highest BCUT2D eigenvalue weighted by Crippen LogP contribution is 2.23. The molecule has 4 heteroatoms. The van der Waals surface area contributed by atoms with E-state index in [0.717, 1.165) is 18.2 Å². The van der Waals surface area contributed by atoms with Gasteiger partial charge in [0.2, 0.25) is 0 Å². The van der Waals surface area contributed by atoms with Crippen LogP contribution in [0.5, 0.6) is 0 Å². The van der Waals surface area contributed by atoms with Crippen LogP contribution in [0.3, 0.4) is 0 Å². The molecule has 0 spiro atoms. The lowest BCUT2D eigenvalue weighted by Gasteiger charge is -2.16. The van der Waals surface area contributed by atoms with Crippen molar-refractivity contribution < 1.29 is 0 Å². The van der Waals surface area contributed by atoms with E-state index in [2.05, 4.69) is 22.5 Å². The number of hydrogen-bond acceptors (Lipinski definition) is 4. The van der Waals surface area contributed by atoms with Crippen molar-refractivity contribution in [2.45, 2.75) is 6.42 Å². The fourth-order valence-corrected chi connectivity index (χ4v) is 2.86. The van der Waals surface area contributed by atoms with Crippen molar-refractivity contribution in [1.29, 1.82) is 0 Å². The van der Waals surface area contributed by atoms with Crippen molar-refractivity contribution in [3.8, 4) is 0 Å². The van der Waals surface area contributed by atoms with Gasteiger partial charge in [-0.3, -0.25) is 4.99 Å². The monoisotopic (exact) mass is 202 g/mol. The Balaban J connectivity index is 1.90. The Kier molecular flexibility index (Phi) is 2.86. The molecule has 0 radical (unpaired) electrons. The fourth-order valence-electron chi connectivity index (χ4n) is 1.67. The number of thiol groups is 1. The average molecular weight is 202 g/mol. The molecule has 0 aliphatic carbocycles. The van der Waals surface area contributed by atoms with Crippen molar-refractivity contribution in [3.05, 3.63) is 0 Å². The third-order valence-electron chi connectivity index (χ3n) is 2.38. The first kappa shape index (κ1) is 8.75. The topological polar surface area (TPSA) is 15.6 Å². The number of aliphatic imine (C=N–C) groups is 1. The molecule has 2 aliphatic rings. The summed E-state index contributed by atoms with van der Waals surface area (Å²) >= 11 is 6.23. The highest BCUT2D eigenvalue weighted by molar-refractivity contribution is 8.14. The lowest BCUT2D eigenvalue weighted by Crippen LogP contribution is -2.25. The van der Waals surface area contributed by atoms with Crippen LogP contribution < -0.4 is 0 Å². The van der Waals surface area contributed by atoms with Crippen LogP contribution in [0.1, 0.15) is 6.42 Å². The molecule has 2 nitrogen and oxygen atoms in total. The molecule has 2 rings (SSSR count). The highest BCUT2D eigenvalue weighted by Gasteiger charge is 2.25. The van der Waals surface area contributed by atoms with Gasteiger partial charge < -0.3 is 4.90 Å². The van der Waals surface area contributed by atoms with Crippen molar-refractivity contribution in [3.63, 3.8) is 0 Å². The molecule has 0 aromatic heterocycles. The average Bonchev–Trinajstić information content (AvgIpc) is 2.75. The molecule has 1 saturated heterocycles. The van der Waals surface area contributed by atoms with Gasteiger partial charge in [0.1, 0.15) is 0 Å². The predicted octanol–water partition coefficient (Wildman–Crippen LogP) is 1.34. The van der Waals surface area contributed by atoms with Gasteiger partial charge in [-0.1, -0.05) is 11.8 Å². The predicted molar refractivity (Wildman–Crippen MR) is 58.3 cm³/mol. The van der Waals surface area contributed by atoms with E-state index < -0.39 is 0 Å². The minimum atomic E-state index is 0.789. The van der Waals surface area contributed by atoms with Gasteiger partial charge >= 0.3 is 0 Å². The second-order valence-corrected chi connectivity index (χ2v) is 4.72. The van der Waals surface area contributed by atoms with Gasteiger partial charge in [-0.2, -0.15) is 12.6 Å². The Bertz CT molecular complexity index is 193.